The molecule has 1 aromatic heterocycles. The summed E-state index contributed by atoms with van der Waals surface area (Å²) in [5.41, 5.74) is 4.04. The van der Waals surface area contributed by atoms with Crippen LogP contribution in [0.15, 0.2) is 42.5 Å². The average molecular weight is 330 g/mol. The molecule has 1 atom stereocenters. The molecule has 0 aliphatic heterocycles. The van der Waals surface area contributed by atoms with E-state index >= 15 is 0 Å². The molecule has 0 fully saturated rings. The normalized spacial score (nSPS) is 12.7. The largest absolute Gasteiger partial charge is 0.387 e. The predicted molar refractivity (Wildman–Crippen MR) is 93.6 cm³/mol. The van der Waals surface area contributed by atoms with Crippen molar-refractivity contribution >= 4 is 22.6 Å². The predicted octanol–water partition coefficient (Wildman–Crippen LogP) is 3.36. The lowest BCUT2D eigenvalue weighted by molar-refractivity contribution is 0.174. The topological polar surface area (TPSA) is 50.1 Å². The van der Waals surface area contributed by atoms with E-state index in [-0.39, 0.29) is 0 Å². The molecular weight excluding hydrogens is 310 g/mol. The minimum atomic E-state index is -0.528. The number of aromatic nitrogens is 2. The minimum absolute atomic E-state index is 0.479. The van der Waals surface area contributed by atoms with Crippen LogP contribution in [0.3, 0.4) is 0 Å². The van der Waals surface area contributed by atoms with Gasteiger partial charge < -0.3 is 15.0 Å². The lowest BCUT2D eigenvalue weighted by Crippen LogP contribution is -2.22. The van der Waals surface area contributed by atoms with Crippen LogP contribution in [0.25, 0.3) is 11.0 Å². The van der Waals surface area contributed by atoms with Crippen LogP contribution in [-0.4, -0.2) is 21.2 Å². The van der Waals surface area contributed by atoms with Gasteiger partial charge in [0.2, 0.25) is 0 Å². The molecule has 1 heterocycles. The molecule has 0 aliphatic carbocycles. The molecule has 0 radical (unpaired) electrons. The monoisotopic (exact) mass is 329 g/mol. The highest BCUT2D eigenvalue weighted by molar-refractivity contribution is 6.31. The van der Waals surface area contributed by atoms with Gasteiger partial charge in [-0.1, -0.05) is 41.4 Å². The van der Waals surface area contributed by atoms with Crippen molar-refractivity contribution in [3.05, 3.63) is 64.4 Å². The van der Waals surface area contributed by atoms with Crippen molar-refractivity contribution in [2.45, 2.75) is 19.6 Å². The molecule has 120 valence electrons. The summed E-state index contributed by atoms with van der Waals surface area (Å²) in [5.74, 6) is 0.915. The number of aryl methyl sites for hydroxylation is 2. The summed E-state index contributed by atoms with van der Waals surface area (Å²) in [6.45, 7) is 3.10. The number of imidazole rings is 1. The van der Waals surface area contributed by atoms with Gasteiger partial charge in [0.1, 0.15) is 5.82 Å². The lowest BCUT2D eigenvalue weighted by Gasteiger charge is -2.12. The van der Waals surface area contributed by atoms with Gasteiger partial charge in [-0.05, 0) is 30.7 Å². The van der Waals surface area contributed by atoms with Gasteiger partial charge >= 0.3 is 0 Å². The molecule has 0 saturated carbocycles. The molecule has 2 aromatic carbocycles. The van der Waals surface area contributed by atoms with E-state index in [4.69, 9.17) is 11.6 Å². The molecule has 4 nitrogen and oxygen atoms in total. The molecule has 0 bridgehead atoms. The zero-order valence-corrected chi connectivity index (χ0v) is 14.0. The number of fused-ring (bicyclic) bond motifs is 1. The molecule has 23 heavy (non-hydrogen) atoms. The second-order valence-electron chi connectivity index (χ2n) is 5.78. The number of aliphatic hydroxyl groups is 1. The number of nitrogens with one attached hydrogen (secondary N) is 1. The van der Waals surface area contributed by atoms with E-state index in [0.29, 0.717) is 18.1 Å². The van der Waals surface area contributed by atoms with Gasteiger partial charge in [0.15, 0.2) is 0 Å². The fraction of sp³-hybridized carbons (Fsp3) is 0.278. The SMILES string of the molecule is Cc1ccc(C(O)CNCc2nc3cc(Cl)ccc3n2C)cc1. The number of hydrogen-bond acceptors (Lipinski definition) is 3. The maximum absolute atomic E-state index is 10.2. The lowest BCUT2D eigenvalue weighted by atomic mass is 10.1. The number of nitrogens with zero attached hydrogens (tertiary/aromatic N) is 2. The Hall–Kier alpha value is -1.88. The number of halogens is 1. The molecule has 3 rings (SSSR count). The van der Waals surface area contributed by atoms with Crippen molar-refractivity contribution in [3.63, 3.8) is 0 Å². The Morgan fingerprint density at radius 1 is 1.22 bits per heavy atom. The van der Waals surface area contributed by atoms with Crippen LogP contribution in [0.5, 0.6) is 0 Å². The Kier molecular flexibility index (Phi) is 4.66. The molecule has 5 heteroatoms. The van der Waals surface area contributed by atoms with Crippen molar-refractivity contribution in [3.8, 4) is 0 Å². The molecule has 3 aromatic rings. The van der Waals surface area contributed by atoms with E-state index in [0.717, 1.165) is 22.4 Å². The van der Waals surface area contributed by atoms with Gasteiger partial charge in [-0.2, -0.15) is 0 Å². The maximum Gasteiger partial charge on any atom is 0.123 e. The Labute approximate surface area is 140 Å². The first-order valence-corrected chi connectivity index (χ1v) is 7.98. The molecular formula is C18H20ClN3O. The summed E-state index contributed by atoms with van der Waals surface area (Å²) in [5, 5.41) is 14.2. The van der Waals surface area contributed by atoms with E-state index in [9.17, 15) is 5.11 Å². The zero-order chi connectivity index (χ0) is 16.4. The second-order valence-corrected chi connectivity index (χ2v) is 6.21. The fourth-order valence-corrected chi connectivity index (χ4v) is 2.77. The summed E-state index contributed by atoms with van der Waals surface area (Å²) in [4.78, 5) is 4.59. The molecule has 0 amide bonds. The Morgan fingerprint density at radius 2 is 1.96 bits per heavy atom. The van der Waals surface area contributed by atoms with E-state index in [1.807, 2.05) is 61.0 Å². The third kappa shape index (κ3) is 3.55. The van der Waals surface area contributed by atoms with Crippen molar-refractivity contribution in [1.29, 1.82) is 0 Å². The number of benzene rings is 2. The molecule has 0 spiro atoms. The summed E-state index contributed by atoms with van der Waals surface area (Å²) >= 11 is 6.01. The summed E-state index contributed by atoms with van der Waals surface area (Å²) in [6.07, 6.45) is -0.528. The van der Waals surface area contributed by atoms with Crippen LogP contribution in [0.4, 0.5) is 0 Å². The van der Waals surface area contributed by atoms with E-state index < -0.39 is 6.10 Å². The molecule has 0 aliphatic rings. The van der Waals surface area contributed by atoms with Gasteiger partial charge in [-0.15, -0.1) is 0 Å². The first-order valence-electron chi connectivity index (χ1n) is 7.61. The van der Waals surface area contributed by atoms with E-state index in [1.54, 1.807) is 0 Å². The van der Waals surface area contributed by atoms with Crippen LogP contribution in [0, 0.1) is 6.92 Å². The third-order valence-corrected chi connectivity index (χ3v) is 4.25. The smallest absolute Gasteiger partial charge is 0.123 e. The highest BCUT2D eigenvalue weighted by atomic mass is 35.5. The van der Waals surface area contributed by atoms with Crippen LogP contribution >= 0.6 is 11.6 Å². The summed E-state index contributed by atoms with van der Waals surface area (Å²) in [7, 11) is 1.98. The molecule has 2 N–H and O–H groups in total. The first kappa shape index (κ1) is 16.0. The highest BCUT2D eigenvalue weighted by Gasteiger charge is 2.10. The maximum atomic E-state index is 10.2. The minimum Gasteiger partial charge on any atom is -0.387 e. The fourth-order valence-electron chi connectivity index (χ4n) is 2.61. The number of rotatable bonds is 5. The van der Waals surface area contributed by atoms with Crippen molar-refractivity contribution in [2.75, 3.05) is 6.54 Å². The van der Waals surface area contributed by atoms with Gasteiger partial charge in [-0.3, -0.25) is 0 Å². The van der Waals surface area contributed by atoms with Crippen molar-refractivity contribution in [1.82, 2.24) is 14.9 Å². The molecule has 0 saturated heterocycles. The van der Waals surface area contributed by atoms with Crippen LogP contribution in [0.1, 0.15) is 23.1 Å². The standard InChI is InChI=1S/C18H20ClN3O/c1-12-3-5-13(6-4-12)17(23)10-20-11-18-21-15-9-14(19)7-8-16(15)22(18)2/h3-9,17,20,23H,10-11H2,1-2H3. The van der Waals surface area contributed by atoms with Gasteiger partial charge in [0.05, 0.1) is 23.7 Å². The Bertz CT molecular complexity index is 811. The quantitative estimate of drug-likeness (QED) is 0.754. The highest BCUT2D eigenvalue weighted by Crippen LogP contribution is 2.19. The average Bonchev–Trinajstić information content (AvgIpc) is 2.83. The zero-order valence-electron chi connectivity index (χ0n) is 13.3. The van der Waals surface area contributed by atoms with Crippen LogP contribution in [-0.2, 0) is 13.6 Å². The second kappa shape index (κ2) is 6.71. The Morgan fingerprint density at radius 3 is 2.70 bits per heavy atom. The third-order valence-electron chi connectivity index (χ3n) is 4.02. The van der Waals surface area contributed by atoms with Crippen molar-refractivity contribution < 1.29 is 5.11 Å². The first-order chi connectivity index (χ1) is 11.0. The van der Waals surface area contributed by atoms with Crippen LogP contribution in [0.2, 0.25) is 5.02 Å². The van der Waals surface area contributed by atoms with Crippen LogP contribution < -0.4 is 5.32 Å². The van der Waals surface area contributed by atoms with Gasteiger partial charge in [0, 0.05) is 18.6 Å². The van der Waals surface area contributed by atoms with E-state index in [2.05, 4.69) is 10.3 Å². The van der Waals surface area contributed by atoms with Gasteiger partial charge in [0.25, 0.3) is 0 Å². The Balaban J connectivity index is 1.64. The molecule has 1 unspecified atom stereocenters. The van der Waals surface area contributed by atoms with Crippen molar-refractivity contribution in [2.24, 2.45) is 7.05 Å². The van der Waals surface area contributed by atoms with E-state index in [1.165, 1.54) is 5.56 Å². The number of aliphatic hydroxyl groups excluding tert-OH is 1. The summed E-state index contributed by atoms with van der Waals surface area (Å²) in [6, 6.07) is 13.6. The summed E-state index contributed by atoms with van der Waals surface area (Å²) < 4.78 is 2.04. The van der Waals surface area contributed by atoms with Gasteiger partial charge in [-0.25, -0.2) is 4.98 Å². The number of hydrogen-bond donors (Lipinski definition) is 2.